The number of rotatable bonds is 4. The van der Waals surface area contributed by atoms with Crippen molar-refractivity contribution in [2.75, 3.05) is 20.8 Å². The van der Waals surface area contributed by atoms with Gasteiger partial charge in [0.25, 0.3) is 0 Å². The highest BCUT2D eigenvalue weighted by molar-refractivity contribution is 6.30. The number of halogens is 1. The number of fused-ring (bicyclic) bond motifs is 1. The van der Waals surface area contributed by atoms with E-state index in [0.29, 0.717) is 11.6 Å². The van der Waals surface area contributed by atoms with Crippen molar-refractivity contribution in [1.82, 2.24) is 0 Å². The number of ether oxygens (including phenoxy) is 5. The Morgan fingerprint density at radius 2 is 1.56 bits per heavy atom. The third-order valence-electron chi connectivity index (χ3n) is 5.14. The number of hydrogen-bond donors (Lipinski definition) is 0. The molecule has 1 unspecified atom stereocenters. The fraction of sp³-hybridized carbons (Fsp3) is 0.429. The van der Waals surface area contributed by atoms with Crippen LogP contribution in [-0.4, -0.2) is 45.2 Å². The Morgan fingerprint density at radius 1 is 0.852 bits per heavy atom. The molecule has 0 spiro atoms. The minimum absolute atomic E-state index is 0.241. The molecule has 0 aliphatic carbocycles. The molecule has 5 nitrogen and oxygen atoms in total. The number of benzene rings is 2. The van der Waals surface area contributed by atoms with Crippen molar-refractivity contribution in [3.05, 3.63) is 70.7 Å². The molecule has 27 heavy (non-hydrogen) atoms. The summed E-state index contributed by atoms with van der Waals surface area (Å²) in [5.74, 6) is 0. The van der Waals surface area contributed by atoms with Gasteiger partial charge in [-0.15, -0.1) is 0 Å². The lowest BCUT2D eigenvalue weighted by molar-refractivity contribution is -0.334. The summed E-state index contributed by atoms with van der Waals surface area (Å²) < 4.78 is 30.1. The number of hydrogen-bond acceptors (Lipinski definition) is 5. The second kappa shape index (κ2) is 8.27. The molecule has 2 aromatic carbocycles. The van der Waals surface area contributed by atoms with Gasteiger partial charge in [-0.05, 0) is 17.7 Å². The number of methoxy groups -OCH3 is 2. The van der Waals surface area contributed by atoms with Gasteiger partial charge in [0.1, 0.15) is 30.5 Å². The van der Waals surface area contributed by atoms with Crippen LogP contribution in [0.3, 0.4) is 0 Å². The predicted octanol–water partition coefficient (Wildman–Crippen LogP) is 3.92. The van der Waals surface area contributed by atoms with Crippen LogP contribution in [0.2, 0.25) is 5.02 Å². The molecule has 0 bridgehead atoms. The van der Waals surface area contributed by atoms with Crippen molar-refractivity contribution in [1.29, 1.82) is 0 Å². The second-order valence-electron chi connectivity index (χ2n) is 6.72. The van der Waals surface area contributed by atoms with Crippen molar-refractivity contribution in [2.45, 2.75) is 36.8 Å². The molecule has 2 aliphatic rings. The Hall–Kier alpha value is -1.47. The lowest BCUT2D eigenvalue weighted by Gasteiger charge is -2.48. The Morgan fingerprint density at radius 3 is 2.22 bits per heavy atom. The van der Waals surface area contributed by atoms with Crippen molar-refractivity contribution < 1.29 is 23.7 Å². The van der Waals surface area contributed by atoms with Gasteiger partial charge in [-0.2, -0.15) is 0 Å². The molecular formula is C21H23ClO5. The Balaban J connectivity index is 1.58. The van der Waals surface area contributed by atoms with E-state index in [-0.39, 0.29) is 30.5 Å². The van der Waals surface area contributed by atoms with Crippen molar-refractivity contribution in [3.63, 3.8) is 0 Å². The van der Waals surface area contributed by atoms with E-state index in [4.69, 9.17) is 35.3 Å². The average Bonchev–Trinajstić information content (AvgIpc) is 2.73. The normalized spacial score (nSPS) is 33.4. The Labute approximate surface area is 164 Å². The maximum absolute atomic E-state index is 6.34. The van der Waals surface area contributed by atoms with Crippen LogP contribution in [-0.2, 0) is 23.7 Å². The average molecular weight is 391 g/mol. The van der Waals surface area contributed by atoms with Crippen LogP contribution in [0.5, 0.6) is 0 Å². The second-order valence-corrected chi connectivity index (χ2v) is 7.16. The van der Waals surface area contributed by atoms with Gasteiger partial charge in [0.2, 0.25) is 0 Å². The Bertz CT molecular complexity index is 738. The van der Waals surface area contributed by atoms with Crippen LogP contribution in [0.15, 0.2) is 54.6 Å². The molecule has 2 aromatic rings. The molecule has 2 heterocycles. The van der Waals surface area contributed by atoms with Crippen LogP contribution in [0.4, 0.5) is 0 Å². The molecule has 144 valence electrons. The summed E-state index contributed by atoms with van der Waals surface area (Å²) in [4.78, 5) is 0. The van der Waals surface area contributed by atoms with Gasteiger partial charge in [-0.3, -0.25) is 0 Å². The van der Waals surface area contributed by atoms with Crippen LogP contribution >= 0.6 is 11.6 Å². The van der Waals surface area contributed by atoms with E-state index >= 15 is 0 Å². The van der Waals surface area contributed by atoms with Gasteiger partial charge >= 0.3 is 0 Å². The van der Waals surface area contributed by atoms with E-state index in [1.54, 1.807) is 14.2 Å². The Kier molecular flexibility index (Phi) is 5.78. The zero-order valence-corrected chi connectivity index (χ0v) is 16.0. The van der Waals surface area contributed by atoms with E-state index in [9.17, 15) is 0 Å². The summed E-state index contributed by atoms with van der Waals surface area (Å²) >= 11 is 5.98. The minimum Gasteiger partial charge on any atom is -0.376 e. The van der Waals surface area contributed by atoms with Gasteiger partial charge in [-0.25, -0.2) is 0 Å². The van der Waals surface area contributed by atoms with Gasteiger partial charge in [0.05, 0.1) is 6.61 Å². The quantitative estimate of drug-likeness (QED) is 0.791. The van der Waals surface area contributed by atoms with E-state index in [2.05, 4.69) is 0 Å². The smallest absolute Gasteiger partial charge is 0.184 e. The highest BCUT2D eigenvalue weighted by Crippen LogP contribution is 2.41. The lowest BCUT2D eigenvalue weighted by atomic mass is 9.90. The monoisotopic (exact) mass is 390 g/mol. The molecule has 0 N–H and O–H groups in total. The van der Waals surface area contributed by atoms with Gasteiger partial charge in [0.15, 0.2) is 6.29 Å². The predicted molar refractivity (Wildman–Crippen MR) is 101 cm³/mol. The van der Waals surface area contributed by atoms with Gasteiger partial charge < -0.3 is 23.7 Å². The van der Waals surface area contributed by atoms with Crippen LogP contribution in [0.1, 0.15) is 23.5 Å². The first-order valence-electron chi connectivity index (χ1n) is 9.00. The molecule has 2 fully saturated rings. The van der Waals surface area contributed by atoms with Crippen LogP contribution in [0, 0.1) is 0 Å². The lowest BCUT2D eigenvalue weighted by Crippen LogP contribution is -2.60. The van der Waals surface area contributed by atoms with Gasteiger partial charge in [0, 0.05) is 24.8 Å². The highest BCUT2D eigenvalue weighted by atomic mass is 35.5. The SMILES string of the molecule is CO[C@@H]1[C@@H](OC)[C@H](c2ccccc2)O[C@@H]2COC(c3ccc(Cl)cc3)O[C@@H]12. The first kappa shape index (κ1) is 18.9. The third kappa shape index (κ3) is 3.76. The molecule has 2 saturated heterocycles. The van der Waals surface area contributed by atoms with E-state index in [1.807, 2.05) is 54.6 Å². The molecule has 0 radical (unpaired) electrons. The fourth-order valence-electron chi connectivity index (χ4n) is 3.81. The zero-order chi connectivity index (χ0) is 18.8. The fourth-order valence-corrected chi connectivity index (χ4v) is 3.94. The highest BCUT2D eigenvalue weighted by Gasteiger charge is 2.50. The van der Waals surface area contributed by atoms with E-state index in [0.717, 1.165) is 11.1 Å². The summed E-state index contributed by atoms with van der Waals surface area (Å²) in [7, 11) is 3.35. The first-order chi connectivity index (χ1) is 13.2. The zero-order valence-electron chi connectivity index (χ0n) is 15.3. The summed E-state index contributed by atoms with van der Waals surface area (Å²) in [6.07, 6.45) is -1.85. The molecule has 4 rings (SSSR count). The van der Waals surface area contributed by atoms with Crippen LogP contribution < -0.4 is 0 Å². The van der Waals surface area contributed by atoms with Crippen molar-refractivity contribution in [3.8, 4) is 0 Å². The summed E-state index contributed by atoms with van der Waals surface area (Å²) in [5.41, 5.74) is 1.96. The van der Waals surface area contributed by atoms with E-state index < -0.39 is 6.29 Å². The maximum Gasteiger partial charge on any atom is 0.184 e. The molecule has 0 aromatic heterocycles. The van der Waals surface area contributed by atoms with Crippen molar-refractivity contribution >= 4 is 11.6 Å². The summed E-state index contributed by atoms with van der Waals surface area (Å²) in [5, 5.41) is 0.674. The first-order valence-corrected chi connectivity index (χ1v) is 9.37. The third-order valence-corrected chi connectivity index (χ3v) is 5.39. The summed E-state index contributed by atoms with van der Waals surface area (Å²) in [6, 6.07) is 17.5. The van der Waals surface area contributed by atoms with Gasteiger partial charge in [-0.1, -0.05) is 54.1 Å². The molecule has 2 aliphatic heterocycles. The molecule has 6 heteroatoms. The van der Waals surface area contributed by atoms with Crippen molar-refractivity contribution in [2.24, 2.45) is 0 Å². The minimum atomic E-state index is -0.490. The standard InChI is InChI=1S/C21H23ClO5/c1-23-19-17(13-6-4-3-5-7-13)26-16-12-25-21(27-18(16)20(19)24-2)14-8-10-15(22)11-9-14/h3-11,16-21H,12H2,1-2H3/t16-,17+,18-,19+,20+,21?/m1/s1. The molecular weight excluding hydrogens is 368 g/mol. The summed E-state index contributed by atoms with van der Waals surface area (Å²) in [6.45, 7) is 0.414. The van der Waals surface area contributed by atoms with Crippen LogP contribution in [0.25, 0.3) is 0 Å². The molecule has 0 amide bonds. The topological polar surface area (TPSA) is 46.2 Å². The largest absolute Gasteiger partial charge is 0.376 e. The maximum atomic E-state index is 6.34. The van der Waals surface area contributed by atoms with E-state index in [1.165, 1.54) is 0 Å². The molecule has 0 saturated carbocycles. The molecule has 6 atom stereocenters.